The van der Waals surface area contributed by atoms with Gasteiger partial charge in [-0.05, 0) is 60.3 Å². The van der Waals surface area contributed by atoms with Gasteiger partial charge in [0.15, 0.2) is 0 Å². The Morgan fingerprint density at radius 2 is 2.20 bits per heavy atom. The Balaban J connectivity index is 2.19. The number of hydrogen-bond donors (Lipinski definition) is 1. The molecule has 0 amide bonds. The summed E-state index contributed by atoms with van der Waals surface area (Å²) in [6.45, 7) is 4.57. The molecule has 1 fully saturated rings. The van der Waals surface area contributed by atoms with Crippen LogP contribution in [-0.2, 0) is 0 Å². The van der Waals surface area contributed by atoms with Crippen LogP contribution in [0.1, 0.15) is 33.1 Å². The SMILES string of the molecule is CCC1CCC(C)N1c1ccc(N)c2cc(Br)cnc12. The summed E-state index contributed by atoms with van der Waals surface area (Å²) in [6, 6.07) is 7.37. The maximum atomic E-state index is 6.12. The maximum absolute atomic E-state index is 6.12. The van der Waals surface area contributed by atoms with Gasteiger partial charge >= 0.3 is 0 Å². The maximum Gasteiger partial charge on any atom is 0.0957 e. The van der Waals surface area contributed by atoms with E-state index in [9.17, 15) is 0 Å². The predicted molar refractivity (Wildman–Crippen MR) is 89.1 cm³/mol. The first-order valence-corrected chi connectivity index (χ1v) is 8.03. The second kappa shape index (κ2) is 5.24. The minimum Gasteiger partial charge on any atom is -0.398 e. The second-order valence-electron chi connectivity index (χ2n) is 5.62. The van der Waals surface area contributed by atoms with Crippen molar-refractivity contribution in [1.29, 1.82) is 0 Å². The highest BCUT2D eigenvalue weighted by atomic mass is 79.9. The molecule has 0 spiro atoms. The third-order valence-corrected chi connectivity index (χ3v) is 4.80. The number of nitrogen functional groups attached to an aromatic ring is 1. The molecule has 3 rings (SSSR count). The molecule has 1 aromatic heterocycles. The van der Waals surface area contributed by atoms with Gasteiger partial charge in [-0.15, -0.1) is 0 Å². The molecule has 1 aliphatic rings. The molecule has 0 bridgehead atoms. The van der Waals surface area contributed by atoms with Gasteiger partial charge in [0.05, 0.1) is 11.2 Å². The number of pyridine rings is 1. The van der Waals surface area contributed by atoms with Crippen LogP contribution >= 0.6 is 15.9 Å². The lowest BCUT2D eigenvalue weighted by Gasteiger charge is -2.31. The molecule has 20 heavy (non-hydrogen) atoms. The van der Waals surface area contributed by atoms with Crippen molar-refractivity contribution in [2.45, 2.75) is 45.2 Å². The summed E-state index contributed by atoms with van der Waals surface area (Å²) in [5.41, 5.74) is 9.14. The average Bonchev–Trinajstić information content (AvgIpc) is 2.81. The second-order valence-corrected chi connectivity index (χ2v) is 6.54. The van der Waals surface area contributed by atoms with Gasteiger partial charge in [-0.1, -0.05) is 6.92 Å². The molecule has 3 nitrogen and oxygen atoms in total. The monoisotopic (exact) mass is 333 g/mol. The van der Waals surface area contributed by atoms with Gasteiger partial charge in [-0.3, -0.25) is 4.98 Å². The van der Waals surface area contributed by atoms with E-state index in [1.807, 2.05) is 12.3 Å². The van der Waals surface area contributed by atoms with Crippen LogP contribution in [-0.4, -0.2) is 17.1 Å². The molecular weight excluding hydrogens is 314 g/mol. The Bertz CT molecular complexity index is 641. The Hall–Kier alpha value is -1.29. The highest BCUT2D eigenvalue weighted by Crippen LogP contribution is 2.37. The number of aromatic nitrogens is 1. The number of hydrogen-bond acceptors (Lipinski definition) is 3. The third kappa shape index (κ3) is 2.16. The first kappa shape index (κ1) is 13.7. The van der Waals surface area contributed by atoms with Crippen LogP contribution in [0.2, 0.25) is 0 Å². The molecule has 2 heterocycles. The summed E-state index contributed by atoms with van der Waals surface area (Å²) in [5, 5.41) is 1.03. The van der Waals surface area contributed by atoms with E-state index in [1.54, 1.807) is 0 Å². The van der Waals surface area contributed by atoms with Crippen LogP contribution in [0.4, 0.5) is 11.4 Å². The molecule has 1 aromatic carbocycles. The summed E-state index contributed by atoms with van der Waals surface area (Å²) in [7, 11) is 0. The van der Waals surface area contributed by atoms with Crippen molar-refractivity contribution in [2.75, 3.05) is 10.6 Å². The van der Waals surface area contributed by atoms with E-state index in [0.717, 1.165) is 21.1 Å². The van der Waals surface area contributed by atoms with Gasteiger partial charge in [0.2, 0.25) is 0 Å². The lowest BCUT2D eigenvalue weighted by Crippen LogP contribution is -2.34. The van der Waals surface area contributed by atoms with Crippen LogP contribution in [0.3, 0.4) is 0 Å². The zero-order chi connectivity index (χ0) is 14.3. The molecule has 2 atom stereocenters. The summed E-state index contributed by atoms with van der Waals surface area (Å²) in [6.07, 6.45) is 5.54. The lowest BCUT2D eigenvalue weighted by atomic mass is 10.1. The smallest absolute Gasteiger partial charge is 0.0957 e. The number of rotatable bonds is 2. The molecule has 0 radical (unpaired) electrons. The quantitative estimate of drug-likeness (QED) is 0.831. The van der Waals surface area contributed by atoms with Gasteiger partial charge in [-0.25, -0.2) is 0 Å². The van der Waals surface area contributed by atoms with Crippen LogP contribution in [0, 0.1) is 0 Å². The first-order valence-electron chi connectivity index (χ1n) is 7.24. The zero-order valence-electron chi connectivity index (χ0n) is 11.9. The number of nitrogens with two attached hydrogens (primary N) is 1. The molecular formula is C16H20BrN3. The Kier molecular flexibility index (Phi) is 3.59. The Morgan fingerprint density at radius 3 is 2.95 bits per heavy atom. The molecule has 2 unspecified atom stereocenters. The minimum atomic E-state index is 0.567. The van der Waals surface area contributed by atoms with Gasteiger partial charge in [0.1, 0.15) is 0 Å². The first-order chi connectivity index (χ1) is 9.61. The number of benzene rings is 1. The molecule has 106 valence electrons. The van der Waals surface area contributed by atoms with Gasteiger partial charge in [0.25, 0.3) is 0 Å². The van der Waals surface area contributed by atoms with Crippen molar-refractivity contribution in [3.8, 4) is 0 Å². The van der Waals surface area contributed by atoms with E-state index in [2.05, 4.69) is 51.8 Å². The molecule has 2 N–H and O–H groups in total. The molecule has 2 aromatic rings. The summed E-state index contributed by atoms with van der Waals surface area (Å²) in [4.78, 5) is 7.15. The molecule has 0 aliphatic carbocycles. The highest BCUT2D eigenvalue weighted by molar-refractivity contribution is 9.10. The van der Waals surface area contributed by atoms with Crippen LogP contribution in [0.25, 0.3) is 10.9 Å². The fraction of sp³-hybridized carbons (Fsp3) is 0.438. The summed E-state index contributed by atoms with van der Waals surface area (Å²) < 4.78 is 0.968. The van der Waals surface area contributed by atoms with Crippen molar-refractivity contribution in [3.05, 3.63) is 28.9 Å². The van der Waals surface area contributed by atoms with Crippen LogP contribution in [0.15, 0.2) is 28.9 Å². The standard InChI is InChI=1S/C16H20BrN3/c1-3-12-5-4-10(2)20(12)15-7-6-14(18)13-8-11(17)9-19-16(13)15/h6-10,12H,3-5,18H2,1-2H3. The number of fused-ring (bicyclic) bond motifs is 1. The van der Waals surface area contributed by atoms with E-state index in [1.165, 1.54) is 24.9 Å². The van der Waals surface area contributed by atoms with Crippen molar-refractivity contribution in [3.63, 3.8) is 0 Å². The largest absolute Gasteiger partial charge is 0.398 e. The Morgan fingerprint density at radius 1 is 1.40 bits per heavy atom. The molecule has 0 saturated carbocycles. The van der Waals surface area contributed by atoms with Crippen molar-refractivity contribution >= 4 is 38.2 Å². The molecule has 4 heteroatoms. The van der Waals surface area contributed by atoms with E-state index in [0.29, 0.717) is 12.1 Å². The highest BCUT2D eigenvalue weighted by Gasteiger charge is 2.30. The van der Waals surface area contributed by atoms with E-state index in [4.69, 9.17) is 5.73 Å². The summed E-state index contributed by atoms with van der Waals surface area (Å²) >= 11 is 3.48. The normalized spacial score (nSPS) is 22.6. The average molecular weight is 334 g/mol. The fourth-order valence-electron chi connectivity index (χ4n) is 3.32. The lowest BCUT2D eigenvalue weighted by molar-refractivity contribution is 0.629. The molecule has 1 saturated heterocycles. The number of anilines is 2. The summed E-state index contributed by atoms with van der Waals surface area (Å²) in [5.74, 6) is 0. The van der Waals surface area contributed by atoms with Gasteiger partial charge < -0.3 is 10.6 Å². The van der Waals surface area contributed by atoms with Crippen molar-refractivity contribution < 1.29 is 0 Å². The van der Waals surface area contributed by atoms with Crippen LogP contribution < -0.4 is 10.6 Å². The topological polar surface area (TPSA) is 42.1 Å². The van der Waals surface area contributed by atoms with Gasteiger partial charge in [0, 0.05) is 33.8 Å². The third-order valence-electron chi connectivity index (χ3n) is 4.36. The van der Waals surface area contributed by atoms with E-state index >= 15 is 0 Å². The van der Waals surface area contributed by atoms with Crippen LogP contribution in [0.5, 0.6) is 0 Å². The predicted octanol–water partition coefficient (Wildman–Crippen LogP) is 4.35. The van der Waals surface area contributed by atoms with Crippen molar-refractivity contribution in [1.82, 2.24) is 4.98 Å². The Labute approximate surface area is 128 Å². The molecule has 1 aliphatic heterocycles. The van der Waals surface area contributed by atoms with E-state index in [-0.39, 0.29) is 0 Å². The zero-order valence-corrected chi connectivity index (χ0v) is 13.5. The number of halogens is 1. The fourth-order valence-corrected chi connectivity index (χ4v) is 3.65. The van der Waals surface area contributed by atoms with Crippen molar-refractivity contribution in [2.24, 2.45) is 0 Å². The van der Waals surface area contributed by atoms with E-state index < -0.39 is 0 Å². The minimum absolute atomic E-state index is 0.567. The number of nitrogens with zero attached hydrogens (tertiary/aromatic N) is 2. The van der Waals surface area contributed by atoms with Gasteiger partial charge in [-0.2, -0.15) is 0 Å².